The minimum Gasteiger partial charge on any atom is -0.449 e. The number of benzene rings is 2. The average molecular weight is 403 g/mol. The van der Waals surface area contributed by atoms with Crippen LogP contribution in [0.1, 0.15) is 29.0 Å². The van der Waals surface area contributed by atoms with Gasteiger partial charge in [-0.3, -0.25) is 9.59 Å². The van der Waals surface area contributed by atoms with Crippen molar-refractivity contribution in [1.29, 1.82) is 0 Å². The maximum Gasteiger partial charge on any atom is 0.291 e. The summed E-state index contributed by atoms with van der Waals surface area (Å²) in [5.41, 5.74) is 2.38. The predicted molar refractivity (Wildman–Crippen MR) is 107 cm³/mol. The Morgan fingerprint density at radius 2 is 2.00 bits per heavy atom. The number of anilines is 2. The van der Waals surface area contributed by atoms with Crippen LogP contribution in [0.2, 0.25) is 10.0 Å². The van der Waals surface area contributed by atoms with Gasteiger partial charge in [-0.15, -0.1) is 0 Å². The monoisotopic (exact) mass is 402 g/mol. The zero-order valence-electron chi connectivity index (χ0n) is 14.5. The standard InChI is InChI=1S/C20H16Cl2N2O3/c1-11-13-4-2-5-14(21)19(13)27-18(11)20(26)23-12-7-8-16(15(22)10-12)24-9-3-6-17(24)25/h2,4-5,7-8,10H,3,6,9H2,1H3,(H,23,26). The van der Waals surface area contributed by atoms with Gasteiger partial charge in [0.1, 0.15) is 0 Å². The Balaban J connectivity index is 1.60. The van der Waals surface area contributed by atoms with Crippen molar-refractivity contribution in [2.24, 2.45) is 0 Å². The highest BCUT2D eigenvalue weighted by molar-refractivity contribution is 6.35. The van der Waals surface area contributed by atoms with E-state index in [2.05, 4.69) is 5.32 Å². The number of amides is 2. The summed E-state index contributed by atoms with van der Waals surface area (Å²) in [6.45, 7) is 2.47. The summed E-state index contributed by atoms with van der Waals surface area (Å²) >= 11 is 12.5. The molecule has 0 radical (unpaired) electrons. The number of hydrogen-bond acceptors (Lipinski definition) is 3. The van der Waals surface area contributed by atoms with Gasteiger partial charge in [0, 0.05) is 29.6 Å². The Morgan fingerprint density at radius 3 is 2.67 bits per heavy atom. The molecular formula is C20H16Cl2N2O3. The largest absolute Gasteiger partial charge is 0.449 e. The first-order valence-corrected chi connectivity index (χ1v) is 9.30. The quantitative estimate of drug-likeness (QED) is 0.635. The van der Waals surface area contributed by atoms with Crippen LogP contribution in [-0.2, 0) is 4.79 Å². The van der Waals surface area contributed by atoms with Crippen molar-refractivity contribution in [3.63, 3.8) is 0 Å². The third-order valence-corrected chi connectivity index (χ3v) is 5.29. The smallest absolute Gasteiger partial charge is 0.291 e. The summed E-state index contributed by atoms with van der Waals surface area (Å²) in [5, 5.41) is 4.45. The van der Waals surface area contributed by atoms with Gasteiger partial charge in [-0.1, -0.05) is 35.3 Å². The highest BCUT2D eigenvalue weighted by Gasteiger charge is 2.24. The number of nitrogens with zero attached hydrogens (tertiary/aromatic N) is 1. The molecule has 2 aromatic carbocycles. The van der Waals surface area contributed by atoms with E-state index in [1.807, 2.05) is 19.1 Å². The molecule has 1 aliphatic heterocycles. The van der Waals surface area contributed by atoms with Crippen molar-refractivity contribution in [3.05, 3.63) is 57.8 Å². The molecular weight excluding hydrogens is 387 g/mol. The normalized spacial score (nSPS) is 14.2. The first-order valence-electron chi connectivity index (χ1n) is 8.54. The number of fused-ring (bicyclic) bond motifs is 1. The topological polar surface area (TPSA) is 62.6 Å². The molecule has 0 atom stereocenters. The van der Waals surface area contributed by atoms with Crippen molar-refractivity contribution in [1.82, 2.24) is 0 Å². The Kier molecular flexibility index (Phi) is 4.58. The Morgan fingerprint density at radius 1 is 1.19 bits per heavy atom. The number of aryl methyl sites for hydroxylation is 1. The van der Waals surface area contributed by atoms with Crippen molar-refractivity contribution in [2.75, 3.05) is 16.8 Å². The van der Waals surface area contributed by atoms with Crippen LogP contribution in [0.5, 0.6) is 0 Å². The van der Waals surface area contributed by atoms with Gasteiger partial charge < -0.3 is 14.6 Å². The second-order valence-electron chi connectivity index (χ2n) is 6.44. The summed E-state index contributed by atoms with van der Waals surface area (Å²) in [6, 6.07) is 10.5. The molecule has 0 saturated carbocycles. The van der Waals surface area contributed by atoms with Gasteiger partial charge in [0.15, 0.2) is 11.3 Å². The number of furan rings is 1. The number of nitrogens with one attached hydrogen (secondary N) is 1. The zero-order chi connectivity index (χ0) is 19.1. The van der Waals surface area contributed by atoms with Crippen LogP contribution in [-0.4, -0.2) is 18.4 Å². The number of halogens is 2. The molecule has 138 valence electrons. The Labute approximate surface area is 165 Å². The molecule has 1 aromatic heterocycles. The van der Waals surface area contributed by atoms with E-state index in [1.165, 1.54) is 0 Å². The predicted octanol–water partition coefficient (Wildman–Crippen LogP) is 5.43. The van der Waals surface area contributed by atoms with E-state index in [-0.39, 0.29) is 17.6 Å². The third kappa shape index (κ3) is 3.17. The van der Waals surface area contributed by atoms with Crippen molar-refractivity contribution < 1.29 is 14.0 Å². The van der Waals surface area contributed by atoms with Crippen LogP contribution in [0.25, 0.3) is 11.0 Å². The zero-order valence-corrected chi connectivity index (χ0v) is 16.0. The number of para-hydroxylation sites is 1. The Hall–Kier alpha value is -2.50. The molecule has 27 heavy (non-hydrogen) atoms. The van der Waals surface area contributed by atoms with E-state index in [9.17, 15) is 9.59 Å². The van der Waals surface area contributed by atoms with E-state index >= 15 is 0 Å². The van der Waals surface area contributed by atoms with Gasteiger partial charge in [0.05, 0.1) is 15.7 Å². The van der Waals surface area contributed by atoms with Gasteiger partial charge in [0.2, 0.25) is 5.91 Å². The highest BCUT2D eigenvalue weighted by Crippen LogP contribution is 2.33. The van der Waals surface area contributed by atoms with Crippen LogP contribution in [0.15, 0.2) is 40.8 Å². The van der Waals surface area contributed by atoms with E-state index < -0.39 is 0 Å². The second-order valence-corrected chi connectivity index (χ2v) is 7.26. The fraction of sp³-hybridized carbons (Fsp3) is 0.200. The van der Waals surface area contributed by atoms with E-state index in [4.69, 9.17) is 27.6 Å². The van der Waals surface area contributed by atoms with Gasteiger partial charge >= 0.3 is 0 Å². The highest BCUT2D eigenvalue weighted by atomic mass is 35.5. The van der Waals surface area contributed by atoms with Gasteiger partial charge in [-0.2, -0.15) is 0 Å². The summed E-state index contributed by atoms with van der Waals surface area (Å²) in [4.78, 5) is 26.2. The minimum absolute atomic E-state index is 0.0588. The molecule has 1 aliphatic rings. The second kappa shape index (κ2) is 6.91. The molecule has 0 spiro atoms. The van der Waals surface area contributed by atoms with Crippen LogP contribution in [0.3, 0.4) is 0 Å². The lowest BCUT2D eigenvalue weighted by Gasteiger charge is -2.18. The van der Waals surface area contributed by atoms with Crippen LogP contribution in [0.4, 0.5) is 11.4 Å². The molecule has 0 unspecified atom stereocenters. The lowest BCUT2D eigenvalue weighted by Crippen LogP contribution is -2.24. The molecule has 1 saturated heterocycles. The van der Waals surface area contributed by atoms with Crippen LogP contribution in [0, 0.1) is 6.92 Å². The Bertz CT molecular complexity index is 1070. The molecule has 1 N–H and O–H groups in total. The minimum atomic E-state index is -0.388. The van der Waals surface area contributed by atoms with Crippen LogP contribution >= 0.6 is 23.2 Å². The number of carbonyl (C=O) groups excluding carboxylic acids is 2. The molecule has 2 amide bonds. The number of carbonyl (C=O) groups is 2. The van der Waals surface area contributed by atoms with Crippen LogP contribution < -0.4 is 10.2 Å². The van der Waals surface area contributed by atoms with E-state index in [0.29, 0.717) is 40.0 Å². The van der Waals surface area contributed by atoms with Crippen molar-refractivity contribution in [2.45, 2.75) is 19.8 Å². The SMILES string of the molecule is Cc1c(C(=O)Nc2ccc(N3CCCC3=O)c(Cl)c2)oc2c(Cl)cccc12. The lowest BCUT2D eigenvalue weighted by molar-refractivity contribution is -0.117. The molecule has 1 fully saturated rings. The summed E-state index contributed by atoms with van der Waals surface area (Å²) < 4.78 is 5.68. The summed E-state index contributed by atoms with van der Waals surface area (Å²) in [6.07, 6.45) is 1.35. The van der Waals surface area contributed by atoms with Crippen molar-refractivity contribution in [3.8, 4) is 0 Å². The number of hydrogen-bond donors (Lipinski definition) is 1. The molecule has 0 bridgehead atoms. The summed E-state index contributed by atoms with van der Waals surface area (Å²) in [7, 11) is 0. The molecule has 5 nitrogen and oxygen atoms in total. The molecule has 2 heterocycles. The van der Waals surface area contributed by atoms with E-state index in [1.54, 1.807) is 29.2 Å². The molecule has 0 aliphatic carbocycles. The molecule has 7 heteroatoms. The maximum atomic E-state index is 12.7. The summed E-state index contributed by atoms with van der Waals surface area (Å²) in [5.74, 6) is -0.127. The fourth-order valence-electron chi connectivity index (χ4n) is 3.32. The maximum absolute atomic E-state index is 12.7. The average Bonchev–Trinajstić information content (AvgIpc) is 3.20. The van der Waals surface area contributed by atoms with Gasteiger partial charge in [-0.25, -0.2) is 0 Å². The molecule has 4 rings (SSSR count). The lowest BCUT2D eigenvalue weighted by atomic mass is 10.1. The van der Waals surface area contributed by atoms with E-state index in [0.717, 1.165) is 17.4 Å². The first kappa shape index (κ1) is 17.9. The first-order chi connectivity index (χ1) is 13.0. The van der Waals surface area contributed by atoms with Gasteiger partial charge in [-0.05, 0) is 37.6 Å². The number of rotatable bonds is 3. The fourth-order valence-corrected chi connectivity index (χ4v) is 3.82. The van der Waals surface area contributed by atoms with Gasteiger partial charge in [0.25, 0.3) is 5.91 Å². The van der Waals surface area contributed by atoms with Crippen molar-refractivity contribution >= 4 is 57.4 Å². The molecule has 3 aromatic rings. The third-order valence-electron chi connectivity index (χ3n) is 4.69.